The number of benzene rings is 1. The first-order valence-corrected chi connectivity index (χ1v) is 9.61. The van der Waals surface area contributed by atoms with Crippen LogP contribution in [0.5, 0.6) is 5.75 Å². The number of hydrogen-bond acceptors (Lipinski definition) is 4. The lowest BCUT2D eigenvalue weighted by molar-refractivity contribution is -0.139. The van der Waals surface area contributed by atoms with Crippen molar-refractivity contribution >= 4 is 23.4 Å². The number of primary amides is 1. The van der Waals surface area contributed by atoms with Gasteiger partial charge in [-0.2, -0.15) is 0 Å². The number of nitrogens with zero attached hydrogens (tertiary/aromatic N) is 2. The average Bonchev–Trinajstić information content (AvgIpc) is 2.63. The van der Waals surface area contributed by atoms with Crippen LogP contribution in [0, 0.1) is 5.92 Å². The Balaban J connectivity index is 1.47. The molecule has 26 heavy (non-hydrogen) atoms. The smallest absolute Gasteiger partial charge is 0.231 e. The van der Waals surface area contributed by atoms with Gasteiger partial charge in [0.15, 0.2) is 0 Å². The van der Waals surface area contributed by atoms with Gasteiger partial charge in [0.2, 0.25) is 11.8 Å². The lowest BCUT2D eigenvalue weighted by Gasteiger charge is -2.37. The highest BCUT2D eigenvalue weighted by Gasteiger charge is 2.32. The number of likely N-dealkylation sites (tertiary alicyclic amines) is 2. The van der Waals surface area contributed by atoms with Gasteiger partial charge < -0.3 is 15.4 Å². The van der Waals surface area contributed by atoms with Gasteiger partial charge in [0.1, 0.15) is 11.9 Å². The second kappa shape index (κ2) is 8.73. The largest absolute Gasteiger partial charge is 0.490 e. The predicted molar refractivity (Wildman–Crippen MR) is 100 cm³/mol. The minimum atomic E-state index is -0.335. The summed E-state index contributed by atoms with van der Waals surface area (Å²) in [7, 11) is 0. The van der Waals surface area contributed by atoms with Crippen molar-refractivity contribution in [3.63, 3.8) is 0 Å². The van der Waals surface area contributed by atoms with Gasteiger partial charge in [0.25, 0.3) is 0 Å². The molecule has 2 saturated heterocycles. The van der Waals surface area contributed by atoms with Crippen LogP contribution in [0.4, 0.5) is 0 Å². The molecule has 3 rings (SSSR count). The van der Waals surface area contributed by atoms with E-state index in [0.717, 1.165) is 38.0 Å². The first-order chi connectivity index (χ1) is 12.5. The summed E-state index contributed by atoms with van der Waals surface area (Å²) in [5, 5.41) is 0.690. The van der Waals surface area contributed by atoms with Crippen molar-refractivity contribution in [2.75, 3.05) is 32.7 Å². The van der Waals surface area contributed by atoms with E-state index in [0.29, 0.717) is 24.7 Å². The first kappa shape index (κ1) is 19.0. The zero-order chi connectivity index (χ0) is 18.5. The van der Waals surface area contributed by atoms with Crippen molar-refractivity contribution in [1.82, 2.24) is 9.80 Å². The quantitative estimate of drug-likeness (QED) is 0.847. The van der Waals surface area contributed by atoms with E-state index in [4.69, 9.17) is 22.1 Å². The summed E-state index contributed by atoms with van der Waals surface area (Å²) in [6.45, 7) is 3.13. The van der Waals surface area contributed by atoms with Gasteiger partial charge in [-0.25, -0.2) is 0 Å². The molecule has 1 unspecified atom stereocenters. The lowest BCUT2D eigenvalue weighted by Crippen LogP contribution is -2.49. The van der Waals surface area contributed by atoms with E-state index >= 15 is 0 Å². The molecule has 2 amide bonds. The lowest BCUT2D eigenvalue weighted by atomic mass is 9.95. The van der Waals surface area contributed by atoms with Gasteiger partial charge in [-0.05, 0) is 43.7 Å². The third kappa shape index (κ3) is 5.11. The number of carbonyl (C=O) groups excluding carboxylic acids is 2. The molecule has 1 atom stereocenters. The van der Waals surface area contributed by atoms with Crippen molar-refractivity contribution in [2.45, 2.75) is 31.8 Å². The van der Waals surface area contributed by atoms with Gasteiger partial charge >= 0.3 is 0 Å². The second-order valence-electron chi connectivity index (χ2n) is 7.14. The fraction of sp³-hybridized carbons (Fsp3) is 0.579. The summed E-state index contributed by atoms with van der Waals surface area (Å²) >= 11 is 5.89. The summed E-state index contributed by atoms with van der Waals surface area (Å²) in [5.41, 5.74) is 5.28. The normalized spacial score (nSPS) is 22.2. The van der Waals surface area contributed by atoms with Crippen molar-refractivity contribution in [3.8, 4) is 5.75 Å². The van der Waals surface area contributed by atoms with Crippen LogP contribution in [0.15, 0.2) is 24.3 Å². The maximum absolute atomic E-state index is 12.8. The Labute approximate surface area is 159 Å². The number of nitrogens with two attached hydrogens (primary N) is 1. The van der Waals surface area contributed by atoms with E-state index in [1.807, 2.05) is 34.1 Å². The molecule has 0 spiro atoms. The molecule has 0 aliphatic carbocycles. The number of ether oxygens (including phenoxy) is 1. The number of carbonyl (C=O) groups is 2. The van der Waals surface area contributed by atoms with Gasteiger partial charge in [-0.3, -0.25) is 14.5 Å². The standard InChI is InChI=1S/C19H26ClN3O3/c20-15-3-5-16(6-4-15)26-17-7-10-23(11-8-17)19(25)14-2-1-9-22(12-14)13-18(21)24/h3-6,14,17H,1-2,7-13H2,(H2,21,24). The Morgan fingerprint density at radius 3 is 2.46 bits per heavy atom. The zero-order valence-electron chi connectivity index (χ0n) is 14.9. The molecule has 2 aliphatic rings. The van der Waals surface area contributed by atoms with Gasteiger partial charge in [-0.15, -0.1) is 0 Å². The van der Waals surface area contributed by atoms with Crippen molar-refractivity contribution in [2.24, 2.45) is 11.7 Å². The Kier molecular flexibility index (Phi) is 6.38. The molecule has 7 heteroatoms. The Bertz CT molecular complexity index is 629. The van der Waals surface area contributed by atoms with E-state index in [2.05, 4.69) is 0 Å². The van der Waals surface area contributed by atoms with E-state index < -0.39 is 0 Å². The molecule has 2 N–H and O–H groups in total. The third-order valence-corrected chi connectivity index (χ3v) is 5.36. The van der Waals surface area contributed by atoms with Gasteiger partial charge in [-0.1, -0.05) is 11.6 Å². The molecule has 1 aromatic rings. The SMILES string of the molecule is NC(=O)CN1CCCC(C(=O)N2CCC(Oc3ccc(Cl)cc3)CC2)C1. The highest BCUT2D eigenvalue weighted by atomic mass is 35.5. The molecule has 0 saturated carbocycles. The van der Waals surface area contributed by atoms with E-state index in [1.54, 1.807) is 0 Å². The summed E-state index contributed by atoms with van der Waals surface area (Å²) in [6.07, 6.45) is 3.59. The molecule has 0 bridgehead atoms. The second-order valence-corrected chi connectivity index (χ2v) is 7.57. The van der Waals surface area contributed by atoms with Crippen molar-refractivity contribution in [3.05, 3.63) is 29.3 Å². The molecule has 142 valence electrons. The van der Waals surface area contributed by atoms with Crippen LogP contribution in [0.2, 0.25) is 5.02 Å². The fourth-order valence-electron chi connectivity index (χ4n) is 3.78. The number of amides is 2. The van der Waals surface area contributed by atoms with Gasteiger partial charge in [0.05, 0.1) is 12.5 Å². The van der Waals surface area contributed by atoms with Crippen LogP contribution in [0.3, 0.4) is 0 Å². The summed E-state index contributed by atoms with van der Waals surface area (Å²) in [4.78, 5) is 27.9. The average molecular weight is 380 g/mol. The first-order valence-electron chi connectivity index (χ1n) is 9.23. The fourth-order valence-corrected chi connectivity index (χ4v) is 3.90. The Morgan fingerprint density at radius 2 is 1.81 bits per heavy atom. The van der Waals surface area contributed by atoms with Gasteiger partial charge in [0, 0.05) is 37.5 Å². The zero-order valence-corrected chi connectivity index (χ0v) is 15.7. The van der Waals surface area contributed by atoms with Crippen LogP contribution >= 0.6 is 11.6 Å². The van der Waals surface area contributed by atoms with Crippen molar-refractivity contribution in [1.29, 1.82) is 0 Å². The van der Waals surface area contributed by atoms with Crippen LogP contribution in [-0.2, 0) is 9.59 Å². The van der Waals surface area contributed by atoms with E-state index in [-0.39, 0.29) is 30.4 Å². The molecule has 2 fully saturated rings. The minimum Gasteiger partial charge on any atom is -0.490 e. The molecule has 0 radical (unpaired) electrons. The molecule has 6 nitrogen and oxygen atoms in total. The molecule has 2 heterocycles. The third-order valence-electron chi connectivity index (χ3n) is 5.10. The Hall–Kier alpha value is -1.79. The summed E-state index contributed by atoms with van der Waals surface area (Å²) in [5.74, 6) is 0.646. The van der Waals surface area contributed by atoms with E-state index in [9.17, 15) is 9.59 Å². The topological polar surface area (TPSA) is 75.9 Å². The predicted octanol–water partition coefficient (Wildman–Crippen LogP) is 1.91. The number of rotatable bonds is 5. The Morgan fingerprint density at radius 1 is 1.12 bits per heavy atom. The van der Waals surface area contributed by atoms with Crippen LogP contribution in [0.25, 0.3) is 0 Å². The minimum absolute atomic E-state index is 0.0307. The van der Waals surface area contributed by atoms with Crippen LogP contribution < -0.4 is 10.5 Å². The summed E-state index contributed by atoms with van der Waals surface area (Å²) in [6, 6.07) is 7.37. The highest BCUT2D eigenvalue weighted by Crippen LogP contribution is 2.24. The van der Waals surface area contributed by atoms with Crippen molar-refractivity contribution < 1.29 is 14.3 Å². The molecule has 0 aromatic heterocycles. The van der Waals surface area contributed by atoms with Crippen LogP contribution in [-0.4, -0.2) is 60.4 Å². The maximum Gasteiger partial charge on any atom is 0.231 e. The van der Waals surface area contributed by atoms with Crippen LogP contribution in [0.1, 0.15) is 25.7 Å². The number of halogens is 1. The maximum atomic E-state index is 12.8. The molecular weight excluding hydrogens is 354 g/mol. The monoisotopic (exact) mass is 379 g/mol. The molecule has 1 aromatic carbocycles. The number of piperidine rings is 2. The number of hydrogen-bond donors (Lipinski definition) is 1. The highest BCUT2D eigenvalue weighted by molar-refractivity contribution is 6.30. The van der Waals surface area contributed by atoms with E-state index in [1.165, 1.54) is 0 Å². The summed E-state index contributed by atoms with van der Waals surface area (Å²) < 4.78 is 5.99. The molecule has 2 aliphatic heterocycles. The molecular formula is C19H26ClN3O3.